The van der Waals surface area contributed by atoms with Gasteiger partial charge in [-0.3, -0.25) is 4.79 Å². The van der Waals surface area contributed by atoms with Crippen LogP contribution in [0, 0.1) is 5.82 Å². The smallest absolute Gasteiger partial charge is 0.279 e. The molecule has 0 bridgehead atoms. The largest absolute Gasteiger partial charge is 0.393 e. The van der Waals surface area contributed by atoms with E-state index in [4.69, 9.17) is 0 Å². The first-order chi connectivity index (χ1) is 14.1. The van der Waals surface area contributed by atoms with E-state index in [9.17, 15) is 14.3 Å². The summed E-state index contributed by atoms with van der Waals surface area (Å²) in [5.74, 6) is -0.598. The summed E-state index contributed by atoms with van der Waals surface area (Å²) in [6, 6.07) is 14.0. The Hall–Kier alpha value is -2.77. The van der Waals surface area contributed by atoms with Gasteiger partial charge in [0, 0.05) is 41.5 Å². The second-order valence-corrected chi connectivity index (χ2v) is 7.96. The number of hydrogen-bond acceptors (Lipinski definition) is 4. The number of anilines is 1. The molecule has 1 aromatic heterocycles. The number of aliphatic hydroxyl groups is 1. The third kappa shape index (κ3) is 4.63. The van der Waals surface area contributed by atoms with E-state index in [-0.39, 0.29) is 17.8 Å². The summed E-state index contributed by atoms with van der Waals surface area (Å²) in [7, 11) is 0. The molecular weight excluding hydrogens is 389 g/mol. The summed E-state index contributed by atoms with van der Waals surface area (Å²) in [5, 5.41) is 11.5. The zero-order valence-corrected chi connectivity index (χ0v) is 16.7. The van der Waals surface area contributed by atoms with Gasteiger partial charge in [0.25, 0.3) is 5.91 Å². The van der Waals surface area contributed by atoms with Crippen LogP contribution in [0.5, 0.6) is 0 Å². The van der Waals surface area contributed by atoms with E-state index >= 15 is 0 Å². The molecule has 4 rings (SSSR count). The normalized spacial score (nSPS) is 15.7. The van der Waals surface area contributed by atoms with E-state index in [0.29, 0.717) is 22.5 Å². The Morgan fingerprint density at radius 2 is 1.86 bits per heavy atom. The molecule has 1 fully saturated rings. The van der Waals surface area contributed by atoms with E-state index in [2.05, 4.69) is 9.89 Å². The first-order valence-electron chi connectivity index (χ1n) is 9.59. The highest BCUT2D eigenvalue weighted by atomic mass is 32.1. The zero-order chi connectivity index (χ0) is 20.2. The topological polar surface area (TPSA) is 57.8 Å². The molecule has 0 unspecified atom stereocenters. The monoisotopic (exact) mass is 411 g/mol. The minimum absolute atomic E-state index is 0.215. The van der Waals surface area contributed by atoms with E-state index in [1.165, 1.54) is 17.4 Å². The molecule has 0 spiro atoms. The van der Waals surface area contributed by atoms with Gasteiger partial charge in [0.05, 0.1) is 12.6 Å². The van der Waals surface area contributed by atoms with Crippen molar-refractivity contribution in [1.82, 2.24) is 4.57 Å². The second kappa shape index (κ2) is 8.71. The number of aromatic nitrogens is 1. The average Bonchev–Trinajstić information content (AvgIpc) is 3.17. The van der Waals surface area contributed by atoms with Crippen molar-refractivity contribution in [3.63, 3.8) is 0 Å². The fourth-order valence-corrected chi connectivity index (χ4v) is 4.13. The van der Waals surface area contributed by atoms with Crippen LogP contribution in [0.3, 0.4) is 0 Å². The van der Waals surface area contributed by atoms with Crippen molar-refractivity contribution in [3.8, 4) is 0 Å². The molecule has 0 atom stereocenters. The average molecular weight is 412 g/mol. The molecule has 1 aliphatic rings. The highest BCUT2D eigenvalue weighted by molar-refractivity contribution is 7.07. The fourth-order valence-electron chi connectivity index (χ4n) is 3.41. The number of nitrogens with zero attached hydrogens (tertiary/aromatic N) is 3. The molecule has 1 aliphatic heterocycles. The van der Waals surface area contributed by atoms with Gasteiger partial charge in [0.15, 0.2) is 4.80 Å². The lowest BCUT2D eigenvalue weighted by atomic mass is 10.1. The molecule has 3 aromatic rings. The maximum atomic E-state index is 13.9. The van der Waals surface area contributed by atoms with Gasteiger partial charge in [0.2, 0.25) is 0 Å². The summed E-state index contributed by atoms with van der Waals surface area (Å²) in [6.07, 6.45) is 3.11. The number of halogens is 1. The Kier molecular flexibility index (Phi) is 5.87. The first-order valence-corrected chi connectivity index (χ1v) is 10.5. The third-order valence-electron chi connectivity index (χ3n) is 5.10. The minimum Gasteiger partial charge on any atom is -0.393 e. The number of piperidine rings is 1. The predicted molar refractivity (Wildman–Crippen MR) is 112 cm³/mol. The van der Waals surface area contributed by atoms with Gasteiger partial charge in [0.1, 0.15) is 5.82 Å². The first kappa shape index (κ1) is 19.5. The molecule has 150 valence electrons. The fraction of sp³-hybridized carbons (Fsp3) is 0.273. The number of thiazole rings is 1. The van der Waals surface area contributed by atoms with E-state index < -0.39 is 0 Å². The Balaban J connectivity index is 1.50. The Labute approximate surface area is 172 Å². The SMILES string of the molecule is O=C(N=c1sccn1Cc1ccccc1F)c1ccc(N2CCC(O)CC2)cc1. The van der Waals surface area contributed by atoms with Crippen LogP contribution in [0.15, 0.2) is 65.1 Å². The number of carbonyl (C=O) groups is 1. The van der Waals surface area contributed by atoms with Crippen molar-refractivity contribution >= 4 is 22.9 Å². The molecule has 1 amide bonds. The Bertz CT molecular complexity index is 1050. The predicted octanol–water partition coefficient (Wildman–Crippen LogP) is 3.44. The lowest BCUT2D eigenvalue weighted by Crippen LogP contribution is -2.35. The van der Waals surface area contributed by atoms with Crippen LogP contribution in [-0.4, -0.2) is 34.8 Å². The van der Waals surface area contributed by atoms with Crippen molar-refractivity contribution in [1.29, 1.82) is 0 Å². The summed E-state index contributed by atoms with van der Waals surface area (Å²) in [5.41, 5.74) is 2.10. The van der Waals surface area contributed by atoms with Crippen molar-refractivity contribution in [2.45, 2.75) is 25.5 Å². The van der Waals surface area contributed by atoms with Crippen LogP contribution >= 0.6 is 11.3 Å². The third-order valence-corrected chi connectivity index (χ3v) is 5.89. The molecule has 5 nitrogen and oxygen atoms in total. The van der Waals surface area contributed by atoms with Gasteiger partial charge in [-0.25, -0.2) is 4.39 Å². The lowest BCUT2D eigenvalue weighted by molar-refractivity contribution is 0.0998. The van der Waals surface area contributed by atoms with Crippen LogP contribution < -0.4 is 9.70 Å². The molecule has 1 saturated heterocycles. The number of carbonyl (C=O) groups excluding carboxylic acids is 1. The molecule has 2 heterocycles. The summed E-state index contributed by atoms with van der Waals surface area (Å²) >= 11 is 1.34. The highest BCUT2D eigenvalue weighted by Gasteiger charge is 2.17. The van der Waals surface area contributed by atoms with Crippen molar-refractivity contribution in [2.24, 2.45) is 4.99 Å². The van der Waals surface area contributed by atoms with E-state index in [1.807, 2.05) is 17.5 Å². The molecule has 29 heavy (non-hydrogen) atoms. The van der Waals surface area contributed by atoms with Crippen LogP contribution in [-0.2, 0) is 6.54 Å². The number of rotatable bonds is 4. The number of hydrogen-bond donors (Lipinski definition) is 1. The number of benzene rings is 2. The lowest BCUT2D eigenvalue weighted by Gasteiger charge is -2.31. The summed E-state index contributed by atoms with van der Waals surface area (Å²) < 4.78 is 15.7. The minimum atomic E-state index is -0.324. The van der Waals surface area contributed by atoms with Gasteiger partial charge in [-0.15, -0.1) is 11.3 Å². The molecular formula is C22H22FN3O2S. The van der Waals surface area contributed by atoms with Crippen molar-refractivity contribution < 1.29 is 14.3 Å². The van der Waals surface area contributed by atoms with Gasteiger partial charge in [-0.1, -0.05) is 18.2 Å². The second-order valence-electron chi connectivity index (χ2n) is 7.09. The molecule has 1 N–H and O–H groups in total. The van der Waals surface area contributed by atoms with Crippen LogP contribution in [0.25, 0.3) is 0 Å². The molecule has 0 aliphatic carbocycles. The van der Waals surface area contributed by atoms with Crippen LogP contribution in [0.1, 0.15) is 28.8 Å². The number of aliphatic hydroxyl groups excluding tert-OH is 1. The van der Waals surface area contributed by atoms with Gasteiger partial charge in [-0.2, -0.15) is 4.99 Å². The Morgan fingerprint density at radius 1 is 1.14 bits per heavy atom. The standard InChI is InChI=1S/C22H22FN3O2S/c23-20-4-2-1-3-17(20)15-26-13-14-29-22(26)24-21(28)16-5-7-18(8-6-16)25-11-9-19(27)10-12-25/h1-8,13-14,19,27H,9-12,15H2. The van der Waals surface area contributed by atoms with E-state index in [0.717, 1.165) is 31.6 Å². The van der Waals surface area contributed by atoms with Crippen LogP contribution in [0.2, 0.25) is 0 Å². The summed E-state index contributed by atoms with van der Waals surface area (Å²) in [6.45, 7) is 1.94. The zero-order valence-electron chi connectivity index (χ0n) is 15.9. The maximum Gasteiger partial charge on any atom is 0.279 e. The van der Waals surface area contributed by atoms with Gasteiger partial charge >= 0.3 is 0 Å². The van der Waals surface area contributed by atoms with Gasteiger partial charge in [-0.05, 0) is 43.2 Å². The highest BCUT2D eigenvalue weighted by Crippen LogP contribution is 2.20. The summed E-state index contributed by atoms with van der Waals surface area (Å²) in [4.78, 5) is 19.6. The molecule has 0 saturated carbocycles. The Morgan fingerprint density at radius 3 is 2.59 bits per heavy atom. The van der Waals surface area contributed by atoms with Crippen LogP contribution in [0.4, 0.5) is 10.1 Å². The molecule has 7 heteroatoms. The number of amides is 1. The van der Waals surface area contributed by atoms with E-state index in [1.54, 1.807) is 41.1 Å². The maximum absolute atomic E-state index is 13.9. The molecule has 0 radical (unpaired) electrons. The van der Waals surface area contributed by atoms with Gasteiger partial charge < -0.3 is 14.6 Å². The quantitative estimate of drug-likeness (QED) is 0.716. The van der Waals surface area contributed by atoms with Crippen molar-refractivity contribution in [3.05, 3.63) is 81.9 Å². The molecule has 2 aromatic carbocycles. The van der Waals surface area contributed by atoms with Crippen molar-refractivity contribution in [2.75, 3.05) is 18.0 Å².